The minimum Gasteiger partial charge on any atom is -0.480 e. The molecule has 1 aliphatic rings. The molecule has 8 nitrogen and oxygen atoms in total. The molecule has 8 heteroatoms. The Morgan fingerprint density at radius 1 is 1.30 bits per heavy atom. The van der Waals surface area contributed by atoms with Gasteiger partial charge in [0.2, 0.25) is 6.41 Å². The molecule has 1 fully saturated rings. The summed E-state index contributed by atoms with van der Waals surface area (Å²) in [7, 11) is 1.89. The number of pyridine rings is 1. The third-order valence-corrected chi connectivity index (χ3v) is 5.83. The molecule has 0 spiro atoms. The number of unbranched alkanes of at least 4 members (excludes halogenated alkanes) is 1. The van der Waals surface area contributed by atoms with E-state index in [0.717, 1.165) is 63.1 Å². The zero-order valence-corrected chi connectivity index (χ0v) is 18.2. The minimum absolute atomic E-state index is 0.345. The number of aliphatic hydroxyl groups is 1. The number of carboxylic acid groups (broad SMARTS) is 1. The van der Waals surface area contributed by atoms with Gasteiger partial charge in [-0.25, -0.2) is 9.78 Å². The van der Waals surface area contributed by atoms with Gasteiger partial charge in [0.25, 0.3) is 0 Å². The van der Waals surface area contributed by atoms with Gasteiger partial charge in [0.1, 0.15) is 11.9 Å². The highest BCUT2D eigenvalue weighted by Gasteiger charge is 2.39. The number of aromatic nitrogens is 1. The number of nitrogens with one attached hydrogen (secondary N) is 2. The van der Waals surface area contributed by atoms with Crippen molar-refractivity contribution in [3.63, 3.8) is 0 Å². The number of carbonyl (C=O) groups is 2. The summed E-state index contributed by atoms with van der Waals surface area (Å²) in [4.78, 5) is 28.8. The second-order valence-corrected chi connectivity index (χ2v) is 8.15. The van der Waals surface area contributed by atoms with Crippen molar-refractivity contribution in [2.75, 3.05) is 32.0 Å². The molecular formula is C22H36N4O4. The highest BCUT2D eigenvalue weighted by molar-refractivity contribution is 5.76. The van der Waals surface area contributed by atoms with Gasteiger partial charge >= 0.3 is 5.97 Å². The summed E-state index contributed by atoms with van der Waals surface area (Å²) in [5.41, 5.74) is 1.75. The average Bonchev–Trinajstić information content (AvgIpc) is 3.48. The molecule has 4 N–H and O–H groups in total. The Hall–Kier alpha value is -2.19. The maximum Gasteiger partial charge on any atom is 0.326 e. The molecule has 1 aliphatic carbocycles. The van der Waals surface area contributed by atoms with E-state index < -0.39 is 17.6 Å². The van der Waals surface area contributed by atoms with Crippen LogP contribution in [0.5, 0.6) is 0 Å². The molecule has 1 atom stereocenters. The lowest BCUT2D eigenvalue weighted by Crippen LogP contribution is -2.40. The van der Waals surface area contributed by atoms with Crippen LogP contribution in [0.2, 0.25) is 0 Å². The first kappa shape index (κ1) is 24.1. The van der Waals surface area contributed by atoms with Crippen LogP contribution in [-0.4, -0.2) is 70.8 Å². The van der Waals surface area contributed by atoms with Crippen LogP contribution < -0.4 is 10.6 Å². The Bertz CT molecular complexity index is 694. The fourth-order valence-corrected chi connectivity index (χ4v) is 3.58. The molecule has 168 valence electrons. The van der Waals surface area contributed by atoms with Crippen LogP contribution in [0.3, 0.4) is 0 Å². The molecule has 30 heavy (non-hydrogen) atoms. The number of aryl methyl sites for hydroxylation is 2. The second kappa shape index (κ2) is 11.9. The SMILES string of the molecule is CCc1ccc(CCCCN(CCC(NC=O)C(=O)O)CCC2(O)CC2)nc1NC. The van der Waals surface area contributed by atoms with E-state index in [1.54, 1.807) is 0 Å². The van der Waals surface area contributed by atoms with Gasteiger partial charge < -0.3 is 25.7 Å². The van der Waals surface area contributed by atoms with Gasteiger partial charge in [-0.15, -0.1) is 0 Å². The van der Waals surface area contributed by atoms with Gasteiger partial charge in [-0.2, -0.15) is 0 Å². The zero-order chi connectivity index (χ0) is 22.0. The van der Waals surface area contributed by atoms with E-state index in [2.05, 4.69) is 34.6 Å². The lowest BCUT2D eigenvalue weighted by atomic mass is 10.1. The number of rotatable bonds is 16. The zero-order valence-electron chi connectivity index (χ0n) is 18.2. The van der Waals surface area contributed by atoms with Gasteiger partial charge in [0, 0.05) is 25.8 Å². The predicted molar refractivity (Wildman–Crippen MR) is 117 cm³/mol. The fraction of sp³-hybridized carbons (Fsp3) is 0.682. The number of aliphatic carboxylic acids is 1. The van der Waals surface area contributed by atoms with Gasteiger partial charge in [-0.05, 0) is 69.5 Å². The van der Waals surface area contributed by atoms with Gasteiger partial charge in [-0.3, -0.25) is 4.79 Å². The van der Waals surface area contributed by atoms with Crippen LogP contribution >= 0.6 is 0 Å². The molecule has 0 bridgehead atoms. The Balaban J connectivity index is 1.82. The number of carbonyl (C=O) groups excluding carboxylic acids is 1. The molecule has 0 radical (unpaired) electrons. The fourth-order valence-electron chi connectivity index (χ4n) is 3.58. The van der Waals surface area contributed by atoms with Crippen molar-refractivity contribution >= 4 is 18.2 Å². The lowest BCUT2D eigenvalue weighted by molar-refractivity contribution is -0.140. The topological polar surface area (TPSA) is 115 Å². The van der Waals surface area contributed by atoms with Crippen LogP contribution in [-0.2, 0) is 22.4 Å². The summed E-state index contributed by atoms with van der Waals surface area (Å²) in [6.45, 7) is 4.25. The average molecular weight is 421 g/mol. The summed E-state index contributed by atoms with van der Waals surface area (Å²) in [6, 6.07) is 3.33. The summed E-state index contributed by atoms with van der Waals surface area (Å²) < 4.78 is 0. The number of carboxylic acids is 1. The third kappa shape index (κ3) is 7.91. The smallest absolute Gasteiger partial charge is 0.326 e. The highest BCUT2D eigenvalue weighted by atomic mass is 16.4. The molecule has 1 aromatic rings. The van der Waals surface area contributed by atoms with Crippen LogP contribution in [0.1, 0.15) is 56.7 Å². The Labute approximate surface area is 179 Å². The van der Waals surface area contributed by atoms with Gasteiger partial charge in [-0.1, -0.05) is 13.0 Å². The van der Waals surface area contributed by atoms with Crippen LogP contribution in [0.25, 0.3) is 0 Å². The normalized spacial score (nSPS) is 15.6. The first-order valence-electron chi connectivity index (χ1n) is 10.9. The van der Waals surface area contributed by atoms with E-state index in [1.165, 1.54) is 5.56 Å². The number of hydrogen-bond acceptors (Lipinski definition) is 6. The third-order valence-electron chi connectivity index (χ3n) is 5.83. The first-order chi connectivity index (χ1) is 14.4. The number of hydrogen-bond donors (Lipinski definition) is 4. The van der Waals surface area contributed by atoms with Crippen LogP contribution in [0.4, 0.5) is 5.82 Å². The molecule has 1 saturated carbocycles. The minimum atomic E-state index is -1.02. The first-order valence-corrected chi connectivity index (χ1v) is 10.9. The monoisotopic (exact) mass is 420 g/mol. The Kier molecular flexibility index (Phi) is 9.52. The number of amides is 1. The van der Waals surface area contributed by atoms with Gasteiger partial charge in [0.05, 0.1) is 5.60 Å². The maximum atomic E-state index is 11.3. The molecule has 0 aromatic carbocycles. The molecule has 0 saturated heterocycles. The predicted octanol–water partition coefficient (Wildman–Crippen LogP) is 1.81. The number of nitrogens with zero attached hydrogens (tertiary/aromatic N) is 2. The molecule has 1 heterocycles. The van der Waals surface area contributed by atoms with Crippen molar-refractivity contribution in [2.45, 2.75) is 69.9 Å². The van der Waals surface area contributed by atoms with Crippen molar-refractivity contribution in [3.8, 4) is 0 Å². The summed E-state index contributed by atoms with van der Waals surface area (Å²) >= 11 is 0. The molecule has 1 aromatic heterocycles. The van der Waals surface area contributed by atoms with Crippen molar-refractivity contribution in [1.29, 1.82) is 0 Å². The van der Waals surface area contributed by atoms with Crippen LogP contribution in [0.15, 0.2) is 12.1 Å². The molecule has 1 amide bonds. The second-order valence-electron chi connectivity index (χ2n) is 8.15. The highest BCUT2D eigenvalue weighted by Crippen LogP contribution is 2.38. The van der Waals surface area contributed by atoms with Gasteiger partial charge in [0.15, 0.2) is 0 Å². The molecule has 2 rings (SSSR count). The van der Waals surface area contributed by atoms with Crippen molar-refractivity contribution < 1.29 is 19.8 Å². The van der Waals surface area contributed by atoms with E-state index in [0.29, 0.717) is 25.8 Å². The standard InChI is InChI=1S/C22H36N4O4/c1-3-17-7-8-18(25-20(17)23-2)6-4-5-13-26(15-12-22(30)10-11-22)14-9-19(21(28)29)24-16-27/h7-8,16,19,30H,3-6,9-15H2,1-2H3,(H,23,25)(H,24,27)(H,28,29). The van der Waals surface area contributed by atoms with Crippen molar-refractivity contribution in [2.24, 2.45) is 0 Å². The number of anilines is 1. The van der Waals surface area contributed by atoms with E-state index in [9.17, 15) is 19.8 Å². The van der Waals surface area contributed by atoms with E-state index in [4.69, 9.17) is 4.98 Å². The Morgan fingerprint density at radius 3 is 2.67 bits per heavy atom. The summed E-state index contributed by atoms with van der Waals surface area (Å²) in [6.07, 6.45) is 6.96. The van der Waals surface area contributed by atoms with Crippen LogP contribution in [0, 0.1) is 0 Å². The summed E-state index contributed by atoms with van der Waals surface area (Å²) in [5, 5.41) is 24.9. The lowest BCUT2D eigenvalue weighted by Gasteiger charge is -2.25. The molecule has 1 unspecified atom stereocenters. The largest absolute Gasteiger partial charge is 0.480 e. The van der Waals surface area contributed by atoms with Crippen molar-refractivity contribution in [1.82, 2.24) is 15.2 Å². The molecular weight excluding hydrogens is 384 g/mol. The van der Waals surface area contributed by atoms with E-state index in [-0.39, 0.29) is 0 Å². The Morgan fingerprint density at radius 2 is 2.07 bits per heavy atom. The van der Waals surface area contributed by atoms with E-state index in [1.807, 2.05) is 7.05 Å². The summed E-state index contributed by atoms with van der Waals surface area (Å²) in [5.74, 6) is -0.0819. The maximum absolute atomic E-state index is 11.3. The quantitative estimate of drug-likeness (QED) is 0.238. The molecule has 0 aliphatic heterocycles. The van der Waals surface area contributed by atoms with E-state index >= 15 is 0 Å². The van der Waals surface area contributed by atoms with Crippen molar-refractivity contribution in [3.05, 3.63) is 23.4 Å².